The fourth-order valence-corrected chi connectivity index (χ4v) is 2.07. The number of likely N-dealkylation sites (N-methyl/N-ethyl adjacent to an activating group) is 1. The van der Waals surface area contributed by atoms with Crippen molar-refractivity contribution in [2.75, 3.05) is 13.6 Å². The van der Waals surface area contributed by atoms with Gasteiger partial charge in [0.15, 0.2) is 0 Å². The number of carbonyl (C=O) groups is 1. The number of hydrogen-bond donors (Lipinski definition) is 2. The highest BCUT2D eigenvalue weighted by molar-refractivity contribution is 5.80. The number of aromatic nitrogens is 2. The number of nitrogens with one attached hydrogen (secondary N) is 1. The Morgan fingerprint density at radius 2 is 2.26 bits per heavy atom. The third-order valence-corrected chi connectivity index (χ3v) is 3.13. The van der Waals surface area contributed by atoms with Crippen LogP contribution in [0.2, 0.25) is 0 Å². The predicted octanol–water partition coefficient (Wildman–Crippen LogP) is 1.25. The van der Waals surface area contributed by atoms with Crippen molar-refractivity contribution in [3.8, 4) is 0 Å². The third kappa shape index (κ3) is 3.12. The van der Waals surface area contributed by atoms with Crippen molar-refractivity contribution in [2.45, 2.75) is 26.4 Å². The van der Waals surface area contributed by atoms with E-state index in [1.54, 1.807) is 11.9 Å². The highest BCUT2D eigenvalue weighted by atomic mass is 16.3. The monoisotopic (exact) mass is 261 g/mol. The molecule has 2 rings (SSSR count). The second-order valence-corrected chi connectivity index (χ2v) is 4.86. The Kier molecular flexibility index (Phi) is 3.85. The van der Waals surface area contributed by atoms with Crippen LogP contribution < -0.4 is 0 Å². The van der Waals surface area contributed by atoms with E-state index in [-0.39, 0.29) is 5.91 Å². The lowest BCUT2D eigenvalue weighted by molar-refractivity contribution is -0.137. The van der Waals surface area contributed by atoms with Crippen molar-refractivity contribution >= 4 is 16.9 Å². The van der Waals surface area contributed by atoms with E-state index < -0.39 is 6.10 Å². The van der Waals surface area contributed by atoms with Crippen molar-refractivity contribution in [3.05, 3.63) is 29.6 Å². The molecule has 0 spiro atoms. The van der Waals surface area contributed by atoms with Crippen molar-refractivity contribution < 1.29 is 9.90 Å². The van der Waals surface area contributed by atoms with Gasteiger partial charge in [-0.15, -0.1) is 0 Å². The molecule has 0 radical (unpaired) electrons. The van der Waals surface area contributed by atoms with Crippen LogP contribution in [-0.4, -0.2) is 45.6 Å². The molecule has 0 fully saturated rings. The van der Waals surface area contributed by atoms with Gasteiger partial charge in [-0.3, -0.25) is 4.79 Å². The summed E-state index contributed by atoms with van der Waals surface area (Å²) in [5.41, 5.74) is 3.11. The Bertz CT molecular complexity index is 589. The molecule has 1 atom stereocenters. The molecule has 2 N–H and O–H groups in total. The molecule has 0 saturated heterocycles. The topological polar surface area (TPSA) is 69.2 Å². The van der Waals surface area contributed by atoms with Crippen LogP contribution >= 0.6 is 0 Å². The summed E-state index contributed by atoms with van der Waals surface area (Å²) < 4.78 is 0. The first-order chi connectivity index (χ1) is 8.97. The van der Waals surface area contributed by atoms with Gasteiger partial charge in [0, 0.05) is 13.6 Å². The number of aromatic amines is 1. The number of hydrogen-bond acceptors (Lipinski definition) is 3. The molecule has 1 aromatic heterocycles. The van der Waals surface area contributed by atoms with E-state index in [0.29, 0.717) is 6.54 Å². The molecule has 1 aromatic carbocycles. The van der Waals surface area contributed by atoms with E-state index in [4.69, 9.17) is 0 Å². The molecule has 0 bridgehead atoms. The lowest BCUT2D eigenvalue weighted by Crippen LogP contribution is -2.35. The summed E-state index contributed by atoms with van der Waals surface area (Å²) in [5.74, 6) is 0.645. The lowest BCUT2D eigenvalue weighted by Gasteiger charge is -2.18. The summed E-state index contributed by atoms with van der Waals surface area (Å²) in [6.07, 6.45) is -0.189. The van der Waals surface area contributed by atoms with Crippen molar-refractivity contribution in [1.82, 2.24) is 14.9 Å². The number of aryl methyl sites for hydroxylation is 1. The minimum absolute atomic E-state index is 0.251. The van der Waals surface area contributed by atoms with Gasteiger partial charge >= 0.3 is 0 Å². The Hall–Kier alpha value is -1.88. The number of aliphatic hydroxyl groups excluding tert-OH is 1. The number of benzene rings is 1. The molecule has 0 saturated carbocycles. The van der Waals surface area contributed by atoms with Crippen LogP contribution in [0, 0.1) is 6.92 Å². The summed E-state index contributed by atoms with van der Waals surface area (Å²) >= 11 is 0. The predicted molar refractivity (Wildman–Crippen MR) is 73.9 cm³/mol. The molecule has 1 heterocycles. The minimum Gasteiger partial charge on any atom is -0.384 e. The van der Waals surface area contributed by atoms with Gasteiger partial charge in [-0.1, -0.05) is 6.07 Å². The maximum absolute atomic E-state index is 11.5. The lowest BCUT2D eigenvalue weighted by atomic mass is 10.1. The molecular formula is C14H19N3O2. The fourth-order valence-electron chi connectivity index (χ4n) is 2.07. The number of nitrogens with zero attached hydrogens (tertiary/aromatic N) is 2. The molecule has 0 aliphatic rings. The standard InChI is InChI=1S/C14H19N3O2/c1-9(18)14(19)17(3)7-6-11-4-5-12-13(8-11)16-10(2)15-12/h4-5,8-9,18H,6-7H2,1-3H3,(H,15,16). The van der Waals surface area contributed by atoms with Crippen LogP contribution in [0.1, 0.15) is 18.3 Å². The average Bonchev–Trinajstić information content (AvgIpc) is 2.74. The quantitative estimate of drug-likeness (QED) is 0.870. The average molecular weight is 261 g/mol. The Morgan fingerprint density at radius 1 is 1.53 bits per heavy atom. The third-order valence-electron chi connectivity index (χ3n) is 3.13. The smallest absolute Gasteiger partial charge is 0.250 e. The molecule has 0 aliphatic carbocycles. The van der Waals surface area contributed by atoms with Crippen LogP contribution in [0.3, 0.4) is 0 Å². The van der Waals surface area contributed by atoms with E-state index in [0.717, 1.165) is 28.8 Å². The van der Waals surface area contributed by atoms with Gasteiger partial charge in [0.05, 0.1) is 11.0 Å². The fraction of sp³-hybridized carbons (Fsp3) is 0.429. The van der Waals surface area contributed by atoms with Crippen molar-refractivity contribution in [1.29, 1.82) is 0 Å². The van der Waals surface area contributed by atoms with Crippen molar-refractivity contribution in [2.24, 2.45) is 0 Å². The summed E-state index contributed by atoms with van der Waals surface area (Å²) in [6, 6.07) is 6.05. The van der Waals surface area contributed by atoms with Crippen LogP contribution in [-0.2, 0) is 11.2 Å². The van der Waals surface area contributed by atoms with Crippen LogP contribution in [0.4, 0.5) is 0 Å². The number of imidazole rings is 1. The molecule has 19 heavy (non-hydrogen) atoms. The van der Waals surface area contributed by atoms with Gasteiger partial charge < -0.3 is 15.0 Å². The van der Waals surface area contributed by atoms with E-state index in [2.05, 4.69) is 16.0 Å². The first kappa shape index (κ1) is 13.5. The first-order valence-electron chi connectivity index (χ1n) is 6.35. The summed E-state index contributed by atoms with van der Waals surface area (Å²) in [7, 11) is 1.70. The number of carbonyl (C=O) groups excluding carboxylic acids is 1. The minimum atomic E-state index is -0.942. The van der Waals surface area contributed by atoms with Gasteiger partial charge in [-0.05, 0) is 38.0 Å². The number of aliphatic hydroxyl groups is 1. The summed E-state index contributed by atoms with van der Waals surface area (Å²) in [6.45, 7) is 4.00. The molecule has 5 heteroatoms. The molecule has 5 nitrogen and oxygen atoms in total. The second kappa shape index (κ2) is 5.40. The molecule has 2 aromatic rings. The highest BCUT2D eigenvalue weighted by Gasteiger charge is 2.14. The number of amides is 1. The zero-order valence-electron chi connectivity index (χ0n) is 11.5. The second-order valence-electron chi connectivity index (χ2n) is 4.86. The highest BCUT2D eigenvalue weighted by Crippen LogP contribution is 2.14. The summed E-state index contributed by atoms with van der Waals surface area (Å²) in [4.78, 5) is 20.6. The van der Waals surface area contributed by atoms with Crippen LogP contribution in [0.25, 0.3) is 11.0 Å². The molecule has 1 amide bonds. The van der Waals surface area contributed by atoms with Crippen LogP contribution in [0.5, 0.6) is 0 Å². The largest absolute Gasteiger partial charge is 0.384 e. The Labute approximate surface area is 112 Å². The van der Waals surface area contributed by atoms with E-state index >= 15 is 0 Å². The Morgan fingerprint density at radius 3 is 2.95 bits per heavy atom. The van der Waals surface area contributed by atoms with Gasteiger partial charge in [-0.2, -0.15) is 0 Å². The number of rotatable bonds is 4. The Balaban J connectivity index is 2.03. The van der Waals surface area contributed by atoms with Gasteiger partial charge in [0.2, 0.25) is 0 Å². The first-order valence-corrected chi connectivity index (χ1v) is 6.35. The SMILES string of the molecule is Cc1nc2ccc(CCN(C)C(=O)C(C)O)cc2[nH]1. The van der Waals surface area contributed by atoms with E-state index in [1.807, 2.05) is 19.1 Å². The van der Waals surface area contributed by atoms with Gasteiger partial charge in [0.1, 0.15) is 11.9 Å². The van der Waals surface area contributed by atoms with E-state index in [9.17, 15) is 9.90 Å². The summed E-state index contributed by atoms with van der Waals surface area (Å²) in [5, 5.41) is 9.23. The molecule has 1 unspecified atom stereocenters. The number of H-pyrrole nitrogens is 1. The zero-order chi connectivity index (χ0) is 14.0. The zero-order valence-corrected chi connectivity index (χ0v) is 11.5. The van der Waals surface area contributed by atoms with Crippen LogP contribution in [0.15, 0.2) is 18.2 Å². The van der Waals surface area contributed by atoms with Gasteiger partial charge in [-0.25, -0.2) is 4.98 Å². The van der Waals surface area contributed by atoms with Crippen molar-refractivity contribution in [3.63, 3.8) is 0 Å². The number of fused-ring (bicyclic) bond motifs is 1. The van der Waals surface area contributed by atoms with Gasteiger partial charge in [0.25, 0.3) is 5.91 Å². The molecular weight excluding hydrogens is 242 g/mol. The maximum Gasteiger partial charge on any atom is 0.250 e. The normalized spacial score (nSPS) is 12.6. The maximum atomic E-state index is 11.5. The molecule has 102 valence electrons. The molecule has 0 aliphatic heterocycles. The van der Waals surface area contributed by atoms with E-state index in [1.165, 1.54) is 6.92 Å².